The van der Waals surface area contributed by atoms with Gasteiger partial charge in [-0.1, -0.05) is 0 Å². The predicted octanol–water partition coefficient (Wildman–Crippen LogP) is 3.90. The van der Waals surface area contributed by atoms with Gasteiger partial charge in [-0.25, -0.2) is 13.2 Å². The molecule has 0 spiro atoms. The normalized spacial score (nSPS) is 11.5. The molecule has 0 atom stereocenters. The van der Waals surface area contributed by atoms with Gasteiger partial charge >= 0.3 is 0 Å². The highest BCUT2D eigenvalue weighted by Gasteiger charge is 2.17. The number of hydrogen-bond acceptors (Lipinski definition) is 1. The van der Waals surface area contributed by atoms with E-state index in [-0.39, 0.29) is 16.4 Å². The summed E-state index contributed by atoms with van der Waals surface area (Å²) in [4.78, 5) is 6.61. The lowest BCUT2D eigenvalue weighted by molar-refractivity contribution is 0.505. The Hall–Kier alpha value is -1.56. The monoisotopic (exact) mass is 300 g/mol. The van der Waals surface area contributed by atoms with Crippen molar-refractivity contribution < 1.29 is 13.2 Å². The van der Waals surface area contributed by atoms with Gasteiger partial charge < -0.3 is 4.98 Å². The Bertz CT molecular complexity index is 751. The first-order valence-electron chi connectivity index (χ1n) is 4.68. The van der Waals surface area contributed by atoms with Crippen LogP contribution in [0, 0.1) is 17.5 Å². The molecule has 0 aliphatic rings. The minimum absolute atomic E-state index is 0.0357. The number of pyridine rings is 1. The molecule has 86 valence electrons. The molecule has 2 aromatic heterocycles. The van der Waals surface area contributed by atoms with E-state index < -0.39 is 17.5 Å². The van der Waals surface area contributed by atoms with Crippen LogP contribution in [-0.4, -0.2) is 9.97 Å². The molecule has 3 rings (SSSR count). The number of aromatic nitrogens is 2. The van der Waals surface area contributed by atoms with E-state index in [2.05, 4.69) is 25.9 Å². The third kappa shape index (κ3) is 1.44. The number of fused-ring (bicyclic) bond motifs is 3. The van der Waals surface area contributed by atoms with E-state index in [1.165, 1.54) is 6.20 Å². The van der Waals surface area contributed by atoms with Crippen molar-refractivity contribution in [3.63, 3.8) is 0 Å². The second-order valence-corrected chi connectivity index (χ2v) is 4.49. The lowest BCUT2D eigenvalue weighted by Crippen LogP contribution is -1.89. The first-order valence-corrected chi connectivity index (χ1v) is 5.47. The van der Waals surface area contributed by atoms with E-state index >= 15 is 0 Å². The molecule has 2 nitrogen and oxygen atoms in total. The largest absolute Gasteiger partial charge is 0.351 e. The lowest BCUT2D eigenvalue weighted by Gasteiger charge is -1.96. The molecule has 1 N–H and O–H groups in total. The fourth-order valence-electron chi connectivity index (χ4n) is 1.81. The van der Waals surface area contributed by atoms with Crippen LogP contribution in [-0.2, 0) is 0 Å². The number of halogens is 4. The molecular formula is C11H4BrF3N2. The summed E-state index contributed by atoms with van der Waals surface area (Å²) in [5, 5.41) is -0.0357. The molecule has 0 aliphatic carbocycles. The van der Waals surface area contributed by atoms with E-state index in [9.17, 15) is 13.2 Å². The van der Waals surface area contributed by atoms with Crippen LogP contribution in [0.25, 0.3) is 21.9 Å². The van der Waals surface area contributed by atoms with Gasteiger partial charge in [0, 0.05) is 16.7 Å². The Morgan fingerprint density at radius 3 is 2.65 bits per heavy atom. The van der Waals surface area contributed by atoms with Gasteiger partial charge in [-0.2, -0.15) is 0 Å². The summed E-state index contributed by atoms with van der Waals surface area (Å²) in [5.74, 6) is -3.16. The van der Waals surface area contributed by atoms with Gasteiger partial charge in [-0.05, 0) is 22.0 Å². The summed E-state index contributed by atoms with van der Waals surface area (Å²) >= 11 is 3.20. The van der Waals surface area contributed by atoms with E-state index in [1.807, 2.05) is 0 Å². The van der Waals surface area contributed by atoms with Crippen LogP contribution in [0.5, 0.6) is 0 Å². The molecule has 1 aromatic carbocycles. The Labute approximate surface area is 102 Å². The van der Waals surface area contributed by atoms with E-state index in [1.54, 1.807) is 6.07 Å². The molecule has 0 amide bonds. The highest BCUT2D eigenvalue weighted by molar-refractivity contribution is 9.10. The topological polar surface area (TPSA) is 28.7 Å². The van der Waals surface area contributed by atoms with Crippen LogP contribution < -0.4 is 0 Å². The molecule has 0 unspecified atom stereocenters. The van der Waals surface area contributed by atoms with Crippen LogP contribution in [0.4, 0.5) is 13.2 Å². The maximum atomic E-state index is 13.6. The van der Waals surface area contributed by atoms with Crippen LogP contribution in [0.1, 0.15) is 0 Å². The van der Waals surface area contributed by atoms with Gasteiger partial charge in [-0.15, -0.1) is 0 Å². The van der Waals surface area contributed by atoms with Crippen molar-refractivity contribution in [1.82, 2.24) is 9.97 Å². The summed E-state index contributed by atoms with van der Waals surface area (Å²) in [6.45, 7) is 0. The average Bonchev–Trinajstić information content (AvgIpc) is 2.64. The lowest BCUT2D eigenvalue weighted by atomic mass is 10.2. The number of hydrogen-bond donors (Lipinski definition) is 1. The quantitative estimate of drug-likeness (QED) is 0.627. The summed E-state index contributed by atoms with van der Waals surface area (Å²) < 4.78 is 40.8. The van der Waals surface area contributed by atoms with E-state index in [0.29, 0.717) is 16.1 Å². The zero-order chi connectivity index (χ0) is 12.2. The average molecular weight is 301 g/mol. The van der Waals surface area contributed by atoms with Crippen molar-refractivity contribution in [1.29, 1.82) is 0 Å². The number of rotatable bonds is 0. The highest BCUT2D eigenvalue weighted by Crippen LogP contribution is 2.30. The van der Waals surface area contributed by atoms with Crippen LogP contribution in [0.15, 0.2) is 22.8 Å². The predicted molar refractivity (Wildman–Crippen MR) is 61.2 cm³/mol. The van der Waals surface area contributed by atoms with E-state index in [4.69, 9.17) is 0 Å². The zero-order valence-corrected chi connectivity index (χ0v) is 9.78. The molecule has 0 bridgehead atoms. The number of H-pyrrole nitrogens is 1. The van der Waals surface area contributed by atoms with Gasteiger partial charge in [0.2, 0.25) is 0 Å². The molecular weight excluding hydrogens is 297 g/mol. The summed E-state index contributed by atoms with van der Waals surface area (Å²) in [7, 11) is 0. The minimum Gasteiger partial charge on any atom is -0.351 e. The standard InChI is InChI=1S/C11H4BrF3N2/c12-4-1-7-10(16-3-4)8-5(13)2-6(14)9(15)11(8)17-7/h1-3,17H. The Balaban J connectivity index is 2.60. The fraction of sp³-hybridized carbons (Fsp3) is 0. The molecule has 0 fully saturated rings. The number of nitrogens with zero attached hydrogens (tertiary/aromatic N) is 1. The summed E-state index contributed by atoms with van der Waals surface area (Å²) in [6.07, 6.45) is 1.47. The van der Waals surface area contributed by atoms with Gasteiger partial charge in [0.05, 0.1) is 21.9 Å². The molecule has 0 aliphatic heterocycles. The second kappa shape index (κ2) is 3.46. The summed E-state index contributed by atoms with van der Waals surface area (Å²) in [5.41, 5.74) is 0.514. The Morgan fingerprint density at radius 2 is 1.88 bits per heavy atom. The van der Waals surface area contributed by atoms with Gasteiger partial charge in [0.1, 0.15) is 5.82 Å². The van der Waals surface area contributed by atoms with Gasteiger partial charge in [0.25, 0.3) is 0 Å². The van der Waals surface area contributed by atoms with Crippen molar-refractivity contribution in [2.75, 3.05) is 0 Å². The SMILES string of the molecule is Fc1cc(F)c2c([nH]c3cc(Br)cnc32)c1F. The number of aromatic amines is 1. The highest BCUT2D eigenvalue weighted by atomic mass is 79.9. The molecule has 0 saturated heterocycles. The first kappa shape index (κ1) is 10.6. The zero-order valence-electron chi connectivity index (χ0n) is 8.19. The maximum Gasteiger partial charge on any atom is 0.183 e. The van der Waals surface area contributed by atoms with Crippen LogP contribution >= 0.6 is 15.9 Å². The van der Waals surface area contributed by atoms with Gasteiger partial charge in [-0.3, -0.25) is 4.98 Å². The molecule has 0 saturated carbocycles. The van der Waals surface area contributed by atoms with Gasteiger partial charge in [0.15, 0.2) is 11.6 Å². The van der Waals surface area contributed by atoms with Crippen molar-refractivity contribution in [2.45, 2.75) is 0 Å². The second-order valence-electron chi connectivity index (χ2n) is 3.58. The van der Waals surface area contributed by atoms with Crippen LogP contribution in [0.3, 0.4) is 0 Å². The van der Waals surface area contributed by atoms with Crippen molar-refractivity contribution in [3.8, 4) is 0 Å². The number of nitrogens with one attached hydrogen (secondary N) is 1. The maximum absolute atomic E-state index is 13.6. The minimum atomic E-state index is -1.22. The van der Waals surface area contributed by atoms with Crippen molar-refractivity contribution in [3.05, 3.63) is 40.3 Å². The Kier molecular flexibility index (Phi) is 2.16. The summed E-state index contributed by atoms with van der Waals surface area (Å²) in [6, 6.07) is 2.15. The Morgan fingerprint density at radius 1 is 1.12 bits per heavy atom. The molecule has 3 aromatic rings. The third-order valence-corrected chi connectivity index (χ3v) is 2.96. The first-order chi connectivity index (χ1) is 8.08. The van der Waals surface area contributed by atoms with E-state index in [0.717, 1.165) is 0 Å². The molecule has 0 radical (unpaired) electrons. The molecule has 17 heavy (non-hydrogen) atoms. The van der Waals surface area contributed by atoms with Crippen molar-refractivity contribution in [2.24, 2.45) is 0 Å². The molecule has 2 heterocycles. The fourth-order valence-corrected chi connectivity index (χ4v) is 2.14. The number of benzene rings is 1. The van der Waals surface area contributed by atoms with Crippen molar-refractivity contribution >= 4 is 37.9 Å². The molecule has 6 heteroatoms. The third-order valence-electron chi connectivity index (χ3n) is 2.52. The van der Waals surface area contributed by atoms with Crippen LogP contribution in [0.2, 0.25) is 0 Å². The smallest absolute Gasteiger partial charge is 0.183 e.